The summed E-state index contributed by atoms with van der Waals surface area (Å²) in [4.78, 5) is 5.25. The van der Waals surface area contributed by atoms with Crippen molar-refractivity contribution in [2.45, 2.75) is 52.1 Å². The Morgan fingerprint density at radius 3 is 2.66 bits per heavy atom. The van der Waals surface area contributed by atoms with Crippen LogP contribution < -0.4 is 5.73 Å². The van der Waals surface area contributed by atoms with Crippen LogP contribution in [0.25, 0.3) is 26.2 Å². The minimum absolute atomic E-state index is 0.175. The summed E-state index contributed by atoms with van der Waals surface area (Å²) < 4.78 is 39.4. The molecular weight excluding hydrogens is 431 g/mol. The number of thiophene rings is 1. The van der Waals surface area contributed by atoms with Crippen LogP contribution in [0.5, 0.6) is 0 Å². The number of aromatic nitrogens is 1. The van der Waals surface area contributed by atoms with Gasteiger partial charge in [0, 0.05) is 15.8 Å². The number of unbranched alkanes of at least 4 members (excludes halogenated alkanes) is 1. The minimum Gasteiger partial charge on any atom is -0.397 e. The van der Waals surface area contributed by atoms with Crippen molar-refractivity contribution < 1.29 is 13.2 Å². The number of hydrogen-bond acceptors (Lipinski definition) is 4. The lowest BCUT2D eigenvalue weighted by Crippen LogP contribution is -2.20. The molecule has 0 fully saturated rings. The summed E-state index contributed by atoms with van der Waals surface area (Å²) >= 11 is 1.68. The van der Waals surface area contributed by atoms with Gasteiger partial charge in [-0.05, 0) is 53.1 Å². The fourth-order valence-electron chi connectivity index (χ4n) is 3.81. The van der Waals surface area contributed by atoms with Gasteiger partial charge in [-0.1, -0.05) is 57.7 Å². The van der Waals surface area contributed by atoms with E-state index in [9.17, 15) is 13.2 Å². The molecule has 32 heavy (non-hydrogen) atoms. The molecular formula is C25H28F3N3S. The molecule has 3 nitrogen and oxygen atoms in total. The molecule has 0 aliphatic rings. The van der Waals surface area contributed by atoms with Crippen molar-refractivity contribution in [2.75, 3.05) is 0 Å². The van der Waals surface area contributed by atoms with Crippen LogP contribution in [-0.2, 0) is 6.42 Å². The second-order valence-electron chi connectivity index (χ2n) is 7.97. The number of allylic oxidation sites excluding steroid dienone is 1. The normalized spacial score (nSPS) is 13.5. The van der Waals surface area contributed by atoms with E-state index in [2.05, 4.69) is 31.0 Å². The summed E-state index contributed by atoms with van der Waals surface area (Å²) in [7, 11) is 0. The van der Waals surface area contributed by atoms with Gasteiger partial charge in [-0.15, -0.1) is 11.3 Å². The van der Waals surface area contributed by atoms with E-state index in [4.69, 9.17) is 11.1 Å². The molecule has 0 saturated carbocycles. The number of rotatable bonds is 9. The van der Waals surface area contributed by atoms with Gasteiger partial charge in [-0.3, -0.25) is 10.4 Å². The van der Waals surface area contributed by atoms with E-state index >= 15 is 0 Å². The first kappa shape index (κ1) is 24.0. The largest absolute Gasteiger partial charge is 0.432 e. The van der Waals surface area contributed by atoms with Crippen LogP contribution in [0.2, 0.25) is 0 Å². The summed E-state index contributed by atoms with van der Waals surface area (Å²) in [5, 5.41) is 8.42. The maximum absolute atomic E-state index is 12.7. The molecule has 0 radical (unpaired) electrons. The Labute approximate surface area is 190 Å². The summed E-state index contributed by atoms with van der Waals surface area (Å²) in [5.41, 5.74) is 6.59. The molecule has 1 unspecified atom stereocenters. The van der Waals surface area contributed by atoms with Gasteiger partial charge in [-0.25, -0.2) is 0 Å². The summed E-state index contributed by atoms with van der Waals surface area (Å²) in [5.74, 6) is 0.574. The van der Waals surface area contributed by atoms with Crippen LogP contribution in [0.4, 0.5) is 13.2 Å². The summed E-state index contributed by atoms with van der Waals surface area (Å²) in [6.07, 6.45) is 3.03. The Balaban J connectivity index is 2.03. The summed E-state index contributed by atoms with van der Waals surface area (Å²) in [6.45, 7) is 4.42. The van der Waals surface area contributed by atoms with E-state index in [1.54, 1.807) is 23.6 Å². The van der Waals surface area contributed by atoms with E-state index in [0.29, 0.717) is 12.0 Å². The molecule has 1 atom stereocenters. The van der Waals surface area contributed by atoms with E-state index in [1.807, 2.05) is 18.2 Å². The van der Waals surface area contributed by atoms with Gasteiger partial charge in [0.15, 0.2) is 0 Å². The highest BCUT2D eigenvalue weighted by molar-refractivity contribution is 7.22. The lowest BCUT2D eigenvalue weighted by molar-refractivity contribution is -0.0583. The number of nitrogens with one attached hydrogen (secondary N) is 1. The quantitative estimate of drug-likeness (QED) is 0.324. The number of nitrogens with zero attached hydrogens (tertiary/aromatic N) is 1. The lowest BCUT2D eigenvalue weighted by Gasteiger charge is -2.16. The first-order valence-corrected chi connectivity index (χ1v) is 11.7. The van der Waals surface area contributed by atoms with Gasteiger partial charge >= 0.3 is 6.18 Å². The SMILES string of the molecule is CCCCC(CC)Cc1c(-c2ccnc(/C(N)=C/C(=N)C(F)(F)F)c2)sc2ccccc12. The van der Waals surface area contributed by atoms with Crippen LogP contribution in [0.15, 0.2) is 48.7 Å². The van der Waals surface area contributed by atoms with Gasteiger partial charge in [0.1, 0.15) is 5.71 Å². The third kappa shape index (κ3) is 5.57. The van der Waals surface area contributed by atoms with Gasteiger partial charge in [0.05, 0.1) is 11.4 Å². The van der Waals surface area contributed by atoms with E-state index in [1.165, 1.54) is 34.9 Å². The highest BCUT2D eigenvalue weighted by Crippen LogP contribution is 2.41. The molecule has 0 aliphatic carbocycles. The maximum Gasteiger partial charge on any atom is 0.432 e. The number of hydrogen-bond donors (Lipinski definition) is 2. The number of alkyl halides is 3. The van der Waals surface area contributed by atoms with Crippen molar-refractivity contribution in [3.8, 4) is 10.4 Å². The van der Waals surface area contributed by atoms with Crippen molar-refractivity contribution in [1.29, 1.82) is 5.41 Å². The number of nitrogens with two attached hydrogens (primary N) is 1. The topological polar surface area (TPSA) is 62.8 Å². The Morgan fingerprint density at radius 2 is 1.97 bits per heavy atom. The lowest BCUT2D eigenvalue weighted by atomic mass is 9.90. The van der Waals surface area contributed by atoms with Gasteiger partial charge in [0.25, 0.3) is 0 Å². The number of halogens is 3. The smallest absolute Gasteiger partial charge is 0.397 e. The van der Waals surface area contributed by atoms with Gasteiger partial charge in [0.2, 0.25) is 0 Å². The second-order valence-corrected chi connectivity index (χ2v) is 9.02. The average molecular weight is 460 g/mol. The van der Waals surface area contributed by atoms with Crippen LogP contribution in [0, 0.1) is 11.3 Å². The van der Waals surface area contributed by atoms with Crippen molar-refractivity contribution in [1.82, 2.24) is 4.98 Å². The first-order valence-electron chi connectivity index (χ1n) is 10.8. The third-order valence-electron chi connectivity index (χ3n) is 5.66. The fourth-order valence-corrected chi connectivity index (χ4v) is 5.04. The van der Waals surface area contributed by atoms with Crippen LogP contribution in [-0.4, -0.2) is 16.9 Å². The number of benzene rings is 1. The Bertz CT molecular complexity index is 1120. The summed E-state index contributed by atoms with van der Waals surface area (Å²) in [6, 6.07) is 11.9. The number of pyridine rings is 1. The van der Waals surface area contributed by atoms with Crippen molar-refractivity contribution in [2.24, 2.45) is 11.7 Å². The zero-order valence-corrected chi connectivity index (χ0v) is 19.1. The predicted molar refractivity (Wildman–Crippen MR) is 128 cm³/mol. The fraction of sp³-hybridized carbons (Fsp3) is 0.360. The minimum atomic E-state index is -4.74. The van der Waals surface area contributed by atoms with E-state index in [0.717, 1.165) is 23.3 Å². The third-order valence-corrected chi connectivity index (χ3v) is 6.92. The monoisotopic (exact) mass is 459 g/mol. The van der Waals surface area contributed by atoms with Crippen LogP contribution >= 0.6 is 11.3 Å². The molecule has 2 heterocycles. The molecule has 3 N–H and O–H groups in total. The highest BCUT2D eigenvalue weighted by Gasteiger charge is 2.33. The van der Waals surface area contributed by atoms with Crippen LogP contribution in [0.1, 0.15) is 50.8 Å². The zero-order chi connectivity index (χ0) is 23.3. The van der Waals surface area contributed by atoms with E-state index < -0.39 is 11.9 Å². The standard InChI is InChI=1S/C25H28F3N3S/c1-3-5-8-16(4-2)13-19-18-9-6-7-10-22(18)32-24(19)17-11-12-31-21(14-17)20(29)15-23(30)25(26,27)28/h6-7,9-12,14-16,30H,3-5,8,13,29H2,1-2H3/b20-15-,30-23?. The highest BCUT2D eigenvalue weighted by atomic mass is 32.1. The molecule has 0 bridgehead atoms. The molecule has 0 saturated heterocycles. The molecule has 0 spiro atoms. The molecule has 1 aromatic carbocycles. The maximum atomic E-state index is 12.7. The van der Waals surface area contributed by atoms with Gasteiger partial charge in [-0.2, -0.15) is 13.2 Å². The molecule has 170 valence electrons. The molecule has 7 heteroatoms. The van der Waals surface area contributed by atoms with Crippen LogP contribution in [0.3, 0.4) is 0 Å². The predicted octanol–water partition coefficient (Wildman–Crippen LogP) is 7.60. The molecule has 3 rings (SSSR count). The Hall–Kier alpha value is -2.67. The van der Waals surface area contributed by atoms with Crippen molar-refractivity contribution >= 4 is 32.8 Å². The molecule has 0 amide bonds. The molecule has 0 aliphatic heterocycles. The Kier molecular flexibility index (Phi) is 7.72. The van der Waals surface area contributed by atoms with E-state index in [-0.39, 0.29) is 11.4 Å². The average Bonchev–Trinajstić information content (AvgIpc) is 3.14. The molecule has 3 aromatic rings. The zero-order valence-electron chi connectivity index (χ0n) is 18.3. The first-order chi connectivity index (χ1) is 15.2. The number of fused-ring (bicyclic) bond motifs is 1. The molecule has 2 aromatic heterocycles. The Morgan fingerprint density at radius 1 is 1.22 bits per heavy atom. The van der Waals surface area contributed by atoms with Gasteiger partial charge < -0.3 is 5.73 Å². The second kappa shape index (κ2) is 10.3. The van der Waals surface area contributed by atoms with Crippen molar-refractivity contribution in [3.05, 3.63) is 59.9 Å². The van der Waals surface area contributed by atoms with Crippen molar-refractivity contribution in [3.63, 3.8) is 0 Å².